The van der Waals surface area contributed by atoms with Gasteiger partial charge in [0.25, 0.3) is 0 Å². The maximum Gasteiger partial charge on any atom is 0.0796 e. The number of aliphatic hydroxyl groups is 1. The van der Waals surface area contributed by atoms with Crippen molar-refractivity contribution in [1.82, 2.24) is 0 Å². The molecule has 1 aromatic carbocycles. The summed E-state index contributed by atoms with van der Waals surface area (Å²) in [5, 5.41) is 10.7. The lowest BCUT2D eigenvalue weighted by atomic mass is 9.98. The molecule has 0 aliphatic heterocycles. The maximum absolute atomic E-state index is 10.1. The molecular weight excluding hydrogens is 210 g/mol. The summed E-state index contributed by atoms with van der Waals surface area (Å²) in [7, 11) is 0. The van der Waals surface area contributed by atoms with E-state index in [1.165, 1.54) is 5.56 Å². The van der Waals surface area contributed by atoms with Crippen molar-refractivity contribution in [2.45, 2.75) is 25.4 Å². The minimum absolute atomic E-state index is 0.408. The first-order chi connectivity index (χ1) is 7.20. The predicted octanol–water partition coefficient (Wildman–Crippen LogP) is 2.28. The molecule has 3 heteroatoms. The molecule has 2 nitrogen and oxygen atoms in total. The fourth-order valence-electron chi connectivity index (χ4n) is 2.24. The second-order valence-electron chi connectivity index (χ2n) is 4.24. The quantitative estimate of drug-likeness (QED) is 0.721. The van der Waals surface area contributed by atoms with Gasteiger partial charge in [0.15, 0.2) is 0 Å². The molecular formula is C12H16ClNO. The molecule has 0 saturated carbocycles. The summed E-state index contributed by atoms with van der Waals surface area (Å²) >= 11 is 5.93. The molecule has 0 fully saturated rings. The Morgan fingerprint density at radius 2 is 2.27 bits per heavy atom. The van der Waals surface area contributed by atoms with Crippen LogP contribution < -0.4 is 5.73 Å². The average Bonchev–Trinajstić information content (AvgIpc) is 2.39. The van der Waals surface area contributed by atoms with Gasteiger partial charge in [-0.25, -0.2) is 0 Å². The lowest BCUT2D eigenvalue weighted by Crippen LogP contribution is -2.15. The molecule has 1 aliphatic rings. The van der Waals surface area contributed by atoms with Crippen LogP contribution in [0.1, 0.15) is 30.1 Å². The molecule has 1 aromatic rings. The third kappa shape index (κ3) is 2.33. The van der Waals surface area contributed by atoms with E-state index in [1.807, 2.05) is 18.2 Å². The maximum atomic E-state index is 10.1. The number of benzene rings is 1. The molecule has 1 aliphatic carbocycles. The number of halogens is 1. The monoisotopic (exact) mass is 225 g/mol. The van der Waals surface area contributed by atoms with Crippen molar-refractivity contribution in [3.05, 3.63) is 34.3 Å². The summed E-state index contributed by atoms with van der Waals surface area (Å²) in [5.41, 5.74) is 7.86. The Bertz CT molecular complexity index is 353. The summed E-state index contributed by atoms with van der Waals surface area (Å²) < 4.78 is 0. The summed E-state index contributed by atoms with van der Waals surface area (Å²) in [5.74, 6) is 0.422. The van der Waals surface area contributed by atoms with Crippen LogP contribution in [0.25, 0.3) is 0 Å². The van der Waals surface area contributed by atoms with Gasteiger partial charge < -0.3 is 10.8 Å². The Kier molecular flexibility index (Phi) is 3.29. The first-order valence-corrected chi connectivity index (χ1v) is 5.75. The summed E-state index contributed by atoms with van der Waals surface area (Å²) in [6, 6.07) is 5.77. The van der Waals surface area contributed by atoms with E-state index >= 15 is 0 Å². The zero-order chi connectivity index (χ0) is 10.8. The second kappa shape index (κ2) is 4.52. The van der Waals surface area contributed by atoms with Crippen LogP contribution in [-0.2, 0) is 6.42 Å². The minimum Gasteiger partial charge on any atom is -0.388 e. The first-order valence-electron chi connectivity index (χ1n) is 5.37. The molecule has 82 valence electrons. The molecule has 0 saturated heterocycles. The average molecular weight is 226 g/mol. The fraction of sp³-hybridized carbons (Fsp3) is 0.500. The van der Waals surface area contributed by atoms with Crippen LogP contribution in [0.3, 0.4) is 0 Å². The highest BCUT2D eigenvalue weighted by Crippen LogP contribution is 2.32. The topological polar surface area (TPSA) is 46.2 Å². The number of nitrogens with two attached hydrogens (primary N) is 1. The molecule has 0 heterocycles. The second-order valence-corrected chi connectivity index (χ2v) is 4.67. The molecule has 2 unspecified atom stereocenters. The van der Waals surface area contributed by atoms with E-state index in [0.717, 1.165) is 24.8 Å². The number of aryl methyl sites for hydroxylation is 1. The van der Waals surface area contributed by atoms with Crippen molar-refractivity contribution >= 4 is 11.6 Å². The van der Waals surface area contributed by atoms with E-state index in [0.29, 0.717) is 17.5 Å². The van der Waals surface area contributed by atoms with Gasteiger partial charge in [0.2, 0.25) is 0 Å². The lowest BCUT2D eigenvalue weighted by Gasteiger charge is -2.14. The van der Waals surface area contributed by atoms with Gasteiger partial charge >= 0.3 is 0 Å². The van der Waals surface area contributed by atoms with Crippen molar-refractivity contribution in [2.75, 3.05) is 6.54 Å². The highest BCUT2D eigenvalue weighted by Gasteiger charge is 2.22. The van der Waals surface area contributed by atoms with E-state index in [9.17, 15) is 5.11 Å². The fourth-order valence-corrected chi connectivity index (χ4v) is 2.42. The van der Waals surface area contributed by atoms with Gasteiger partial charge in [-0.15, -0.1) is 0 Å². The largest absolute Gasteiger partial charge is 0.388 e. The molecule has 2 rings (SSSR count). The van der Waals surface area contributed by atoms with Crippen molar-refractivity contribution in [1.29, 1.82) is 0 Å². The van der Waals surface area contributed by atoms with Gasteiger partial charge in [-0.3, -0.25) is 0 Å². The third-order valence-electron chi connectivity index (χ3n) is 3.18. The number of rotatable bonds is 1. The number of hydrogen-bond acceptors (Lipinski definition) is 2. The van der Waals surface area contributed by atoms with E-state index in [2.05, 4.69) is 0 Å². The van der Waals surface area contributed by atoms with Gasteiger partial charge in [-0.05, 0) is 55.0 Å². The summed E-state index contributed by atoms with van der Waals surface area (Å²) in [4.78, 5) is 0. The van der Waals surface area contributed by atoms with Crippen LogP contribution in [0.4, 0.5) is 0 Å². The third-order valence-corrected chi connectivity index (χ3v) is 3.41. The highest BCUT2D eigenvalue weighted by atomic mass is 35.5. The highest BCUT2D eigenvalue weighted by molar-refractivity contribution is 6.30. The summed E-state index contributed by atoms with van der Waals surface area (Å²) in [6.07, 6.45) is 2.40. The van der Waals surface area contributed by atoms with Crippen molar-refractivity contribution in [3.63, 3.8) is 0 Å². The van der Waals surface area contributed by atoms with Gasteiger partial charge in [0, 0.05) is 5.02 Å². The first kappa shape index (κ1) is 10.9. The molecule has 2 atom stereocenters. The molecule has 0 spiro atoms. The van der Waals surface area contributed by atoms with Gasteiger partial charge in [-0.1, -0.05) is 17.7 Å². The molecule has 0 radical (unpaired) electrons. The van der Waals surface area contributed by atoms with Crippen molar-refractivity contribution in [3.8, 4) is 0 Å². The molecule has 0 amide bonds. The van der Waals surface area contributed by atoms with Crippen molar-refractivity contribution in [2.24, 2.45) is 11.7 Å². The Balaban J connectivity index is 2.31. The van der Waals surface area contributed by atoms with Gasteiger partial charge in [-0.2, -0.15) is 0 Å². The van der Waals surface area contributed by atoms with Crippen LogP contribution >= 0.6 is 11.6 Å². The van der Waals surface area contributed by atoms with Crippen LogP contribution in [0, 0.1) is 5.92 Å². The number of aliphatic hydroxyl groups excluding tert-OH is 1. The Morgan fingerprint density at radius 3 is 3.00 bits per heavy atom. The van der Waals surface area contributed by atoms with Crippen LogP contribution in [-0.4, -0.2) is 11.7 Å². The molecule has 0 aromatic heterocycles. The van der Waals surface area contributed by atoms with Crippen LogP contribution in [0.5, 0.6) is 0 Å². The number of fused-ring (bicyclic) bond motifs is 1. The van der Waals surface area contributed by atoms with E-state index in [1.54, 1.807) is 0 Å². The van der Waals surface area contributed by atoms with Crippen LogP contribution in [0.15, 0.2) is 18.2 Å². The van der Waals surface area contributed by atoms with Gasteiger partial charge in [0.1, 0.15) is 0 Å². The van der Waals surface area contributed by atoms with E-state index < -0.39 is 6.10 Å². The zero-order valence-corrected chi connectivity index (χ0v) is 9.37. The Labute approximate surface area is 95.1 Å². The smallest absolute Gasteiger partial charge is 0.0796 e. The standard InChI is InChI=1S/C12H16ClNO/c13-10-4-3-9-2-1-8(7-14)5-12(15)11(9)6-10/h3-4,6,8,12,15H,1-2,5,7,14H2. The predicted molar refractivity (Wildman–Crippen MR) is 61.9 cm³/mol. The van der Waals surface area contributed by atoms with E-state index in [4.69, 9.17) is 17.3 Å². The molecule has 0 bridgehead atoms. The lowest BCUT2D eigenvalue weighted by molar-refractivity contribution is 0.147. The Hall–Kier alpha value is -0.570. The van der Waals surface area contributed by atoms with E-state index in [-0.39, 0.29) is 0 Å². The summed E-state index contributed by atoms with van der Waals surface area (Å²) in [6.45, 7) is 0.652. The SMILES string of the molecule is NCC1CCc2ccc(Cl)cc2C(O)C1. The normalized spacial score (nSPS) is 25.8. The van der Waals surface area contributed by atoms with Crippen molar-refractivity contribution < 1.29 is 5.11 Å². The molecule has 15 heavy (non-hydrogen) atoms. The Morgan fingerprint density at radius 1 is 1.47 bits per heavy atom. The minimum atomic E-state index is -0.408. The number of hydrogen-bond donors (Lipinski definition) is 2. The van der Waals surface area contributed by atoms with Crippen LogP contribution in [0.2, 0.25) is 5.02 Å². The molecule has 3 N–H and O–H groups in total. The zero-order valence-electron chi connectivity index (χ0n) is 8.62. The van der Waals surface area contributed by atoms with Gasteiger partial charge in [0.05, 0.1) is 6.10 Å².